The van der Waals surface area contributed by atoms with Gasteiger partial charge in [0.05, 0.1) is 5.56 Å². The summed E-state index contributed by atoms with van der Waals surface area (Å²) in [6.45, 7) is 0.960. The highest BCUT2D eigenvalue weighted by molar-refractivity contribution is 9.10. The van der Waals surface area contributed by atoms with Gasteiger partial charge in [-0.2, -0.15) is 13.2 Å². The predicted molar refractivity (Wildman–Crippen MR) is 98.1 cm³/mol. The second-order valence-electron chi connectivity index (χ2n) is 6.47. The molecule has 2 aromatic carbocycles. The standard InChI is InChI=1S/C19H17BrF4N2O/c20-15-3-1-12(2-4-15)13-5-7-26(8-6-13)18(27)25-17-10-14(19(22,23)24)9-16(21)11-17/h1-4,9-11,13H,5-8H2,(H,25,27). The lowest BCUT2D eigenvalue weighted by Crippen LogP contribution is -2.40. The van der Waals surface area contributed by atoms with Crippen molar-refractivity contribution in [3.63, 3.8) is 0 Å². The van der Waals surface area contributed by atoms with E-state index in [2.05, 4.69) is 21.2 Å². The third-order valence-electron chi connectivity index (χ3n) is 4.60. The summed E-state index contributed by atoms with van der Waals surface area (Å²) < 4.78 is 52.8. The van der Waals surface area contributed by atoms with Gasteiger partial charge in [-0.05, 0) is 54.7 Å². The largest absolute Gasteiger partial charge is 0.416 e. The van der Waals surface area contributed by atoms with E-state index in [1.807, 2.05) is 24.3 Å². The highest BCUT2D eigenvalue weighted by Gasteiger charge is 2.32. The zero-order valence-electron chi connectivity index (χ0n) is 14.2. The number of piperidine rings is 1. The molecule has 0 unspecified atom stereocenters. The summed E-state index contributed by atoms with van der Waals surface area (Å²) in [5.74, 6) is -0.720. The fourth-order valence-corrected chi connectivity index (χ4v) is 3.44. The summed E-state index contributed by atoms with van der Waals surface area (Å²) in [5.41, 5.74) is -0.146. The summed E-state index contributed by atoms with van der Waals surface area (Å²) in [5, 5.41) is 2.37. The Bertz CT molecular complexity index is 815. The highest BCUT2D eigenvalue weighted by Crippen LogP contribution is 2.32. The van der Waals surface area contributed by atoms with E-state index in [1.54, 1.807) is 0 Å². The number of urea groups is 1. The Morgan fingerprint density at radius 3 is 2.30 bits per heavy atom. The van der Waals surface area contributed by atoms with Gasteiger partial charge in [0.25, 0.3) is 0 Å². The van der Waals surface area contributed by atoms with Crippen LogP contribution in [0.25, 0.3) is 0 Å². The molecule has 3 rings (SSSR count). The predicted octanol–water partition coefficient (Wildman–Crippen LogP) is 6.02. The van der Waals surface area contributed by atoms with E-state index in [1.165, 1.54) is 10.5 Å². The van der Waals surface area contributed by atoms with Gasteiger partial charge in [-0.15, -0.1) is 0 Å². The number of rotatable bonds is 2. The van der Waals surface area contributed by atoms with Gasteiger partial charge >= 0.3 is 12.2 Å². The molecule has 1 fully saturated rings. The van der Waals surface area contributed by atoms with E-state index >= 15 is 0 Å². The maximum absolute atomic E-state index is 13.4. The van der Waals surface area contributed by atoms with E-state index in [-0.39, 0.29) is 5.69 Å². The fourth-order valence-electron chi connectivity index (χ4n) is 3.18. The van der Waals surface area contributed by atoms with Gasteiger partial charge in [0, 0.05) is 23.2 Å². The molecule has 0 aromatic heterocycles. The maximum atomic E-state index is 13.4. The van der Waals surface area contributed by atoms with Crippen LogP contribution in [0, 0.1) is 5.82 Å². The van der Waals surface area contributed by atoms with Gasteiger partial charge in [-0.1, -0.05) is 28.1 Å². The van der Waals surface area contributed by atoms with Crippen molar-refractivity contribution in [1.82, 2.24) is 4.90 Å². The minimum atomic E-state index is -4.68. The second-order valence-corrected chi connectivity index (χ2v) is 7.39. The van der Waals surface area contributed by atoms with Crippen molar-refractivity contribution in [2.24, 2.45) is 0 Å². The number of halogens is 5. The number of carbonyl (C=O) groups is 1. The molecule has 3 nitrogen and oxygen atoms in total. The Labute approximate surface area is 162 Å². The third-order valence-corrected chi connectivity index (χ3v) is 5.13. The molecule has 0 saturated carbocycles. The minimum absolute atomic E-state index is 0.206. The van der Waals surface area contributed by atoms with Crippen molar-refractivity contribution >= 4 is 27.6 Å². The van der Waals surface area contributed by atoms with Gasteiger partial charge in [-0.3, -0.25) is 0 Å². The summed E-state index contributed by atoms with van der Waals surface area (Å²) in [7, 11) is 0. The second kappa shape index (κ2) is 7.88. The van der Waals surface area contributed by atoms with Gasteiger partial charge < -0.3 is 10.2 Å². The van der Waals surface area contributed by atoms with Crippen LogP contribution in [0.2, 0.25) is 0 Å². The number of nitrogens with one attached hydrogen (secondary N) is 1. The number of amides is 2. The van der Waals surface area contributed by atoms with Crippen LogP contribution in [0.4, 0.5) is 28.0 Å². The molecule has 2 aromatic rings. The van der Waals surface area contributed by atoms with Gasteiger partial charge in [0.15, 0.2) is 0 Å². The Kier molecular flexibility index (Phi) is 5.74. The van der Waals surface area contributed by atoms with Crippen molar-refractivity contribution in [3.8, 4) is 0 Å². The molecule has 0 aliphatic carbocycles. The van der Waals surface area contributed by atoms with Crippen LogP contribution in [0.1, 0.15) is 29.9 Å². The molecule has 0 bridgehead atoms. The summed E-state index contributed by atoms with van der Waals surface area (Å²) in [6.07, 6.45) is -3.16. The first kappa shape index (κ1) is 19.7. The smallest absolute Gasteiger partial charge is 0.324 e. The lowest BCUT2D eigenvalue weighted by atomic mass is 9.90. The van der Waals surface area contributed by atoms with E-state index in [9.17, 15) is 22.4 Å². The zero-order valence-corrected chi connectivity index (χ0v) is 15.8. The minimum Gasteiger partial charge on any atom is -0.324 e. The highest BCUT2D eigenvalue weighted by atomic mass is 79.9. The molecule has 1 heterocycles. The third kappa shape index (κ3) is 5.00. The summed E-state index contributed by atoms with van der Waals surface area (Å²) >= 11 is 3.39. The van der Waals surface area contributed by atoms with E-state index in [0.717, 1.165) is 29.4 Å². The van der Waals surface area contributed by atoms with Crippen LogP contribution < -0.4 is 5.32 Å². The normalized spacial score (nSPS) is 15.7. The van der Waals surface area contributed by atoms with Crippen molar-refractivity contribution in [2.45, 2.75) is 24.9 Å². The molecule has 1 saturated heterocycles. The van der Waals surface area contributed by atoms with Crippen LogP contribution in [-0.4, -0.2) is 24.0 Å². The number of hydrogen-bond donors (Lipinski definition) is 1. The van der Waals surface area contributed by atoms with E-state index in [4.69, 9.17) is 0 Å². The van der Waals surface area contributed by atoms with Gasteiger partial charge in [0.2, 0.25) is 0 Å². The van der Waals surface area contributed by atoms with Crippen molar-refractivity contribution < 1.29 is 22.4 Å². The Hall–Kier alpha value is -2.09. The van der Waals surface area contributed by atoms with Crippen LogP contribution in [0.3, 0.4) is 0 Å². The maximum Gasteiger partial charge on any atom is 0.416 e. The number of hydrogen-bond acceptors (Lipinski definition) is 1. The van der Waals surface area contributed by atoms with Crippen LogP contribution in [0.5, 0.6) is 0 Å². The molecule has 2 amide bonds. The SMILES string of the molecule is O=C(Nc1cc(F)cc(C(F)(F)F)c1)N1CCC(c2ccc(Br)cc2)CC1. The Balaban J connectivity index is 1.61. The average molecular weight is 445 g/mol. The molecule has 0 spiro atoms. The van der Waals surface area contributed by atoms with E-state index in [0.29, 0.717) is 25.1 Å². The Morgan fingerprint density at radius 1 is 1.07 bits per heavy atom. The average Bonchev–Trinajstić information content (AvgIpc) is 2.61. The molecule has 0 radical (unpaired) electrons. The monoisotopic (exact) mass is 444 g/mol. The molecule has 1 aliphatic heterocycles. The van der Waals surface area contributed by atoms with Crippen molar-refractivity contribution in [2.75, 3.05) is 18.4 Å². The number of benzene rings is 2. The van der Waals surface area contributed by atoms with E-state index < -0.39 is 23.6 Å². The van der Waals surface area contributed by atoms with Crippen LogP contribution in [-0.2, 0) is 6.18 Å². The first-order valence-corrected chi connectivity index (χ1v) is 9.21. The van der Waals surface area contributed by atoms with Crippen molar-refractivity contribution in [3.05, 3.63) is 63.9 Å². The molecule has 27 heavy (non-hydrogen) atoms. The summed E-state index contributed by atoms with van der Waals surface area (Å²) in [6, 6.07) is 9.50. The molecular weight excluding hydrogens is 428 g/mol. The topological polar surface area (TPSA) is 32.3 Å². The molecular formula is C19H17BrF4N2O. The number of alkyl halides is 3. The number of likely N-dealkylation sites (tertiary alicyclic amines) is 1. The molecule has 1 N–H and O–H groups in total. The summed E-state index contributed by atoms with van der Waals surface area (Å²) in [4.78, 5) is 13.9. The van der Waals surface area contributed by atoms with Crippen LogP contribution >= 0.6 is 15.9 Å². The van der Waals surface area contributed by atoms with Gasteiger partial charge in [0.1, 0.15) is 5.82 Å². The van der Waals surface area contributed by atoms with Crippen molar-refractivity contribution in [1.29, 1.82) is 0 Å². The number of nitrogens with zero attached hydrogens (tertiary/aromatic N) is 1. The quantitative estimate of drug-likeness (QED) is 0.564. The molecule has 1 aliphatic rings. The molecule has 144 valence electrons. The Morgan fingerprint density at radius 2 is 1.70 bits per heavy atom. The fraction of sp³-hybridized carbons (Fsp3) is 0.316. The van der Waals surface area contributed by atoms with Crippen LogP contribution in [0.15, 0.2) is 46.9 Å². The number of carbonyl (C=O) groups excluding carboxylic acids is 1. The first-order valence-electron chi connectivity index (χ1n) is 8.41. The zero-order chi connectivity index (χ0) is 19.6. The first-order chi connectivity index (χ1) is 12.7. The van der Waals surface area contributed by atoms with Gasteiger partial charge in [-0.25, -0.2) is 9.18 Å². The lowest BCUT2D eigenvalue weighted by Gasteiger charge is -2.32. The molecule has 0 atom stereocenters. The number of anilines is 1. The molecule has 8 heteroatoms. The lowest BCUT2D eigenvalue weighted by molar-refractivity contribution is -0.137.